The quantitative estimate of drug-likeness (QED) is 0.267. The average Bonchev–Trinajstić information content (AvgIpc) is 2.99. The van der Waals surface area contributed by atoms with Crippen molar-refractivity contribution in [2.24, 2.45) is 4.99 Å². The lowest BCUT2D eigenvalue weighted by atomic mass is 9.99. The third-order valence-corrected chi connectivity index (χ3v) is 7.31. The number of guanidine groups is 1. The molecule has 0 aromatic heterocycles. The molecule has 1 atom stereocenters. The second-order valence-corrected chi connectivity index (χ2v) is 9.84. The number of hydrogen-bond acceptors (Lipinski definition) is 8. The summed E-state index contributed by atoms with van der Waals surface area (Å²) < 4.78 is 73.1. The van der Waals surface area contributed by atoms with Crippen molar-refractivity contribution in [1.82, 2.24) is 4.90 Å². The number of hydrogen-bond donors (Lipinski definition) is 0. The molecule has 0 N–H and O–H groups in total. The highest BCUT2D eigenvalue weighted by Gasteiger charge is 2.40. The Labute approximate surface area is 240 Å². The number of esters is 1. The van der Waals surface area contributed by atoms with Crippen LogP contribution in [0.15, 0.2) is 65.7 Å². The minimum Gasteiger partial charge on any atom is -0.497 e. The van der Waals surface area contributed by atoms with Gasteiger partial charge in [-0.15, -0.1) is 0 Å². The van der Waals surface area contributed by atoms with Crippen molar-refractivity contribution in [3.63, 3.8) is 0 Å². The number of anilines is 2. The number of benzene rings is 3. The molecule has 0 saturated carbocycles. The lowest BCUT2D eigenvalue weighted by Crippen LogP contribution is -2.56. The number of piperazine rings is 1. The lowest BCUT2D eigenvalue weighted by molar-refractivity contribution is -0.141. The molecule has 3 aromatic rings. The van der Waals surface area contributed by atoms with Crippen LogP contribution in [0.3, 0.4) is 0 Å². The normalized spacial score (nSPS) is 17.0. The van der Waals surface area contributed by atoms with Crippen LogP contribution in [0.4, 0.5) is 34.6 Å². The number of halogens is 4. The van der Waals surface area contributed by atoms with E-state index in [-0.39, 0.29) is 29.7 Å². The van der Waals surface area contributed by atoms with Crippen molar-refractivity contribution in [3.8, 4) is 11.5 Å². The summed E-state index contributed by atoms with van der Waals surface area (Å²) >= 11 is 0. The SMILES string of the molecule is COc1cccc(N2CCN(C3=Nc4c(F)cccc4C(COC(C)=O)N3c3cc(C(F)(F)F)ccc3OC)CC2)c1. The molecular formula is C30H30F4N4O4. The summed E-state index contributed by atoms with van der Waals surface area (Å²) in [4.78, 5) is 22.2. The Balaban J connectivity index is 1.60. The number of aliphatic imine (C=N–C) groups is 1. The summed E-state index contributed by atoms with van der Waals surface area (Å²) in [5.41, 5.74) is 0.543. The van der Waals surface area contributed by atoms with Crippen molar-refractivity contribution < 1.29 is 36.6 Å². The molecule has 3 aromatic carbocycles. The van der Waals surface area contributed by atoms with Gasteiger partial charge in [0.15, 0.2) is 0 Å². The third kappa shape index (κ3) is 5.79. The Kier molecular flexibility index (Phi) is 8.15. The van der Waals surface area contributed by atoms with Crippen molar-refractivity contribution in [3.05, 3.63) is 77.6 Å². The van der Waals surface area contributed by atoms with Crippen LogP contribution in [0.2, 0.25) is 0 Å². The second kappa shape index (κ2) is 11.8. The molecule has 2 aliphatic heterocycles. The molecule has 2 heterocycles. The first kappa shape index (κ1) is 29.0. The molecule has 8 nitrogen and oxygen atoms in total. The zero-order valence-corrected chi connectivity index (χ0v) is 23.3. The highest BCUT2D eigenvalue weighted by Crippen LogP contribution is 2.45. The smallest absolute Gasteiger partial charge is 0.416 e. The summed E-state index contributed by atoms with van der Waals surface area (Å²) in [6.45, 7) is 2.94. The molecule has 1 saturated heterocycles. The number of fused-ring (bicyclic) bond motifs is 1. The first-order valence-electron chi connectivity index (χ1n) is 13.3. The van der Waals surface area contributed by atoms with Gasteiger partial charge in [0.25, 0.3) is 0 Å². The van der Waals surface area contributed by atoms with Gasteiger partial charge in [0.05, 0.1) is 31.5 Å². The molecule has 0 bridgehead atoms. The van der Waals surface area contributed by atoms with E-state index in [0.29, 0.717) is 31.7 Å². The fourth-order valence-corrected chi connectivity index (χ4v) is 5.24. The molecule has 222 valence electrons. The van der Waals surface area contributed by atoms with E-state index in [9.17, 15) is 18.0 Å². The largest absolute Gasteiger partial charge is 0.497 e. The molecule has 0 spiro atoms. The Morgan fingerprint density at radius 3 is 2.33 bits per heavy atom. The summed E-state index contributed by atoms with van der Waals surface area (Å²) in [6.07, 6.45) is -4.63. The number of carbonyl (C=O) groups is 1. The first-order chi connectivity index (χ1) is 20.1. The summed E-state index contributed by atoms with van der Waals surface area (Å²) in [5, 5.41) is 0. The first-order valence-corrected chi connectivity index (χ1v) is 13.3. The zero-order valence-electron chi connectivity index (χ0n) is 23.3. The summed E-state index contributed by atoms with van der Waals surface area (Å²) in [5.74, 6) is -0.0794. The van der Waals surface area contributed by atoms with Gasteiger partial charge in [0.1, 0.15) is 29.6 Å². The number of nitrogens with zero attached hydrogens (tertiary/aromatic N) is 4. The van der Waals surface area contributed by atoms with Gasteiger partial charge in [0.2, 0.25) is 5.96 Å². The Morgan fingerprint density at radius 1 is 0.952 bits per heavy atom. The average molecular weight is 587 g/mol. The van der Waals surface area contributed by atoms with E-state index in [1.807, 2.05) is 29.2 Å². The number of para-hydroxylation sites is 1. The van der Waals surface area contributed by atoms with Gasteiger partial charge in [-0.25, -0.2) is 9.38 Å². The standard InChI is InChI=1S/C30H30F4N4O4/c1-19(39)42-18-26-23-8-5-9-24(31)28(23)35-29(38(26)25-16-20(30(32,33)34)10-11-27(25)41-3)37-14-12-36(13-15-37)21-6-4-7-22(17-21)40-2/h4-11,16-17,26H,12-15,18H2,1-3H3. The van der Waals surface area contributed by atoms with Gasteiger partial charge >= 0.3 is 12.1 Å². The Bertz CT molecular complexity index is 1490. The molecule has 0 aliphatic carbocycles. The predicted molar refractivity (Wildman–Crippen MR) is 150 cm³/mol. The van der Waals surface area contributed by atoms with E-state index in [0.717, 1.165) is 23.6 Å². The highest BCUT2D eigenvalue weighted by molar-refractivity contribution is 6.02. The van der Waals surface area contributed by atoms with Gasteiger partial charge in [-0.3, -0.25) is 9.69 Å². The van der Waals surface area contributed by atoms with E-state index >= 15 is 4.39 Å². The van der Waals surface area contributed by atoms with E-state index in [2.05, 4.69) is 9.89 Å². The van der Waals surface area contributed by atoms with Crippen LogP contribution in [-0.2, 0) is 15.7 Å². The van der Waals surface area contributed by atoms with Crippen LogP contribution in [-0.4, -0.2) is 63.8 Å². The number of methoxy groups -OCH3 is 2. The molecule has 0 amide bonds. The molecule has 1 fully saturated rings. The number of ether oxygens (including phenoxy) is 3. The lowest BCUT2D eigenvalue weighted by Gasteiger charge is -2.45. The molecule has 2 aliphatic rings. The van der Waals surface area contributed by atoms with Gasteiger partial charge < -0.3 is 24.0 Å². The van der Waals surface area contributed by atoms with Crippen LogP contribution in [0.1, 0.15) is 24.1 Å². The number of alkyl halides is 3. The maximum absolute atomic E-state index is 15.2. The number of carbonyl (C=O) groups excluding carboxylic acids is 1. The van der Waals surface area contributed by atoms with Crippen LogP contribution in [0, 0.1) is 5.82 Å². The van der Waals surface area contributed by atoms with Crippen LogP contribution >= 0.6 is 0 Å². The third-order valence-electron chi connectivity index (χ3n) is 7.31. The summed E-state index contributed by atoms with van der Waals surface area (Å²) in [7, 11) is 2.95. The maximum Gasteiger partial charge on any atom is 0.416 e. The zero-order chi connectivity index (χ0) is 30.0. The summed E-state index contributed by atoms with van der Waals surface area (Å²) in [6, 6.07) is 14.3. The molecule has 42 heavy (non-hydrogen) atoms. The topological polar surface area (TPSA) is 66.8 Å². The maximum atomic E-state index is 15.2. The second-order valence-electron chi connectivity index (χ2n) is 9.84. The minimum absolute atomic E-state index is 0.0436. The van der Waals surface area contributed by atoms with Crippen molar-refractivity contribution in [2.75, 3.05) is 56.8 Å². The highest BCUT2D eigenvalue weighted by atomic mass is 19.4. The van der Waals surface area contributed by atoms with Gasteiger partial charge in [-0.2, -0.15) is 13.2 Å². The Morgan fingerprint density at radius 2 is 1.67 bits per heavy atom. The van der Waals surface area contributed by atoms with Crippen LogP contribution in [0.25, 0.3) is 0 Å². The molecule has 0 radical (unpaired) electrons. The molecule has 1 unspecified atom stereocenters. The van der Waals surface area contributed by atoms with Gasteiger partial charge in [-0.1, -0.05) is 18.2 Å². The van der Waals surface area contributed by atoms with Crippen molar-refractivity contribution in [1.29, 1.82) is 0 Å². The fourth-order valence-electron chi connectivity index (χ4n) is 5.24. The molecular weight excluding hydrogens is 556 g/mol. The Hall–Kier alpha value is -4.48. The van der Waals surface area contributed by atoms with Gasteiger partial charge in [0, 0.05) is 50.4 Å². The van der Waals surface area contributed by atoms with E-state index in [1.165, 1.54) is 32.2 Å². The van der Waals surface area contributed by atoms with Crippen molar-refractivity contribution in [2.45, 2.75) is 19.1 Å². The predicted octanol–water partition coefficient (Wildman–Crippen LogP) is 5.80. The van der Waals surface area contributed by atoms with Crippen LogP contribution < -0.4 is 19.3 Å². The number of rotatable bonds is 6. The van der Waals surface area contributed by atoms with E-state index in [4.69, 9.17) is 14.2 Å². The van der Waals surface area contributed by atoms with E-state index < -0.39 is 29.6 Å². The van der Waals surface area contributed by atoms with Crippen molar-refractivity contribution >= 4 is 29.0 Å². The fraction of sp³-hybridized carbons (Fsp3) is 0.333. The molecule has 5 rings (SSSR count). The van der Waals surface area contributed by atoms with Gasteiger partial charge in [-0.05, 0) is 36.4 Å². The van der Waals surface area contributed by atoms with Crippen LogP contribution in [0.5, 0.6) is 11.5 Å². The van der Waals surface area contributed by atoms with E-state index in [1.54, 1.807) is 18.1 Å². The molecule has 12 heteroatoms. The monoisotopic (exact) mass is 586 g/mol. The minimum atomic E-state index is -4.63.